The lowest BCUT2D eigenvalue weighted by Gasteiger charge is -2.18. The zero-order valence-electron chi connectivity index (χ0n) is 14.5. The van der Waals surface area contributed by atoms with Crippen molar-refractivity contribution in [3.63, 3.8) is 0 Å². The van der Waals surface area contributed by atoms with Crippen LogP contribution in [0, 0.1) is 0 Å². The van der Waals surface area contributed by atoms with Gasteiger partial charge < -0.3 is 15.4 Å². The van der Waals surface area contributed by atoms with E-state index in [9.17, 15) is 0 Å². The van der Waals surface area contributed by atoms with Crippen molar-refractivity contribution < 1.29 is 4.74 Å². The zero-order chi connectivity index (χ0) is 17.0. The Labute approximate surface area is 145 Å². The summed E-state index contributed by atoms with van der Waals surface area (Å²) in [6, 6.07) is 20.7. The molecule has 0 radical (unpaired) electrons. The summed E-state index contributed by atoms with van der Waals surface area (Å²) in [5.74, 6) is 0.817. The number of benzene rings is 2. The standard InChI is InChI=1S/C20H27N3O/c1-3-21-20(23-17(2)19-12-8-5-9-13-19)22-14-15-24-16-18-10-6-4-7-11-18/h4-13,17H,3,14-16H2,1-2H3,(H2,21,22,23). The van der Waals surface area contributed by atoms with E-state index in [1.54, 1.807) is 0 Å². The van der Waals surface area contributed by atoms with Crippen molar-refractivity contribution in [2.24, 2.45) is 4.99 Å². The molecule has 0 aromatic heterocycles. The van der Waals surface area contributed by atoms with Crippen molar-refractivity contribution in [2.75, 3.05) is 19.7 Å². The van der Waals surface area contributed by atoms with E-state index < -0.39 is 0 Å². The Hall–Kier alpha value is -2.33. The molecule has 0 bridgehead atoms. The molecule has 2 aromatic rings. The highest BCUT2D eigenvalue weighted by atomic mass is 16.5. The topological polar surface area (TPSA) is 45.7 Å². The molecule has 0 aliphatic heterocycles. The van der Waals surface area contributed by atoms with Gasteiger partial charge in [-0.25, -0.2) is 0 Å². The molecule has 1 unspecified atom stereocenters. The lowest BCUT2D eigenvalue weighted by atomic mass is 10.1. The first-order chi connectivity index (χ1) is 11.8. The Morgan fingerprint density at radius 1 is 1.04 bits per heavy atom. The molecular formula is C20H27N3O. The van der Waals surface area contributed by atoms with Gasteiger partial charge in [-0.1, -0.05) is 60.7 Å². The van der Waals surface area contributed by atoms with E-state index >= 15 is 0 Å². The molecule has 128 valence electrons. The monoisotopic (exact) mass is 325 g/mol. The smallest absolute Gasteiger partial charge is 0.191 e. The van der Waals surface area contributed by atoms with Crippen molar-refractivity contribution in [1.82, 2.24) is 10.6 Å². The minimum absolute atomic E-state index is 0.203. The van der Waals surface area contributed by atoms with E-state index in [1.165, 1.54) is 11.1 Å². The lowest BCUT2D eigenvalue weighted by Crippen LogP contribution is -2.39. The van der Waals surface area contributed by atoms with Gasteiger partial charge in [0.25, 0.3) is 0 Å². The minimum Gasteiger partial charge on any atom is -0.375 e. The fourth-order valence-electron chi connectivity index (χ4n) is 2.34. The zero-order valence-corrected chi connectivity index (χ0v) is 14.5. The summed E-state index contributed by atoms with van der Waals surface area (Å²) in [5.41, 5.74) is 2.42. The molecule has 0 spiro atoms. The second kappa shape index (κ2) is 10.4. The summed E-state index contributed by atoms with van der Waals surface area (Å²) in [5, 5.41) is 6.70. The number of hydrogen-bond acceptors (Lipinski definition) is 2. The van der Waals surface area contributed by atoms with Crippen molar-refractivity contribution in [3.8, 4) is 0 Å². The number of aliphatic imine (C=N–C) groups is 1. The molecule has 0 aliphatic rings. The van der Waals surface area contributed by atoms with Crippen LogP contribution in [0.4, 0.5) is 0 Å². The predicted octanol–water partition coefficient (Wildman–Crippen LogP) is 3.52. The van der Waals surface area contributed by atoms with Crippen LogP contribution in [0.15, 0.2) is 65.7 Å². The summed E-state index contributed by atoms with van der Waals surface area (Å²) in [6.07, 6.45) is 0. The van der Waals surface area contributed by atoms with E-state index in [1.807, 2.05) is 24.3 Å². The molecule has 0 amide bonds. The van der Waals surface area contributed by atoms with E-state index in [-0.39, 0.29) is 6.04 Å². The number of rotatable bonds is 8. The Kier molecular flexibility index (Phi) is 7.84. The minimum atomic E-state index is 0.203. The Morgan fingerprint density at radius 2 is 1.71 bits per heavy atom. The van der Waals surface area contributed by atoms with Gasteiger partial charge in [-0.05, 0) is 25.0 Å². The molecular weight excluding hydrogens is 298 g/mol. The van der Waals surface area contributed by atoms with Gasteiger partial charge in [0.2, 0.25) is 0 Å². The second-order valence-corrected chi connectivity index (χ2v) is 5.58. The molecule has 0 saturated heterocycles. The van der Waals surface area contributed by atoms with Crippen LogP contribution in [0.5, 0.6) is 0 Å². The molecule has 0 saturated carbocycles. The SMILES string of the molecule is CCNC(=NCCOCc1ccccc1)NC(C)c1ccccc1. The fourth-order valence-corrected chi connectivity index (χ4v) is 2.34. The maximum Gasteiger partial charge on any atom is 0.191 e. The van der Waals surface area contributed by atoms with Gasteiger partial charge in [-0.2, -0.15) is 0 Å². The van der Waals surface area contributed by atoms with Crippen molar-refractivity contribution in [1.29, 1.82) is 0 Å². The van der Waals surface area contributed by atoms with Gasteiger partial charge >= 0.3 is 0 Å². The largest absolute Gasteiger partial charge is 0.375 e. The van der Waals surface area contributed by atoms with Crippen LogP contribution in [0.3, 0.4) is 0 Å². The highest BCUT2D eigenvalue weighted by molar-refractivity contribution is 5.80. The van der Waals surface area contributed by atoms with Crippen LogP contribution in [-0.2, 0) is 11.3 Å². The average Bonchev–Trinajstić information content (AvgIpc) is 2.63. The quantitative estimate of drug-likeness (QED) is 0.443. The maximum atomic E-state index is 5.68. The van der Waals surface area contributed by atoms with E-state index in [0.717, 1.165) is 12.5 Å². The molecule has 0 aliphatic carbocycles. The van der Waals surface area contributed by atoms with Gasteiger partial charge in [-0.15, -0.1) is 0 Å². The van der Waals surface area contributed by atoms with Gasteiger partial charge in [-0.3, -0.25) is 4.99 Å². The number of ether oxygens (including phenoxy) is 1. The summed E-state index contributed by atoms with van der Waals surface area (Å²) >= 11 is 0. The number of guanidine groups is 1. The summed E-state index contributed by atoms with van der Waals surface area (Å²) in [4.78, 5) is 4.58. The Morgan fingerprint density at radius 3 is 2.38 bits per heavy atom. The predicted molar refractivity (Wildman–Crippen MR) is 100 cm³/mol. The molecule has 24 heavy (non-hydrogen) atoms. The first-order valence-corrected chi connectivity index (χ1v) is 8.51. The van der Waals surface area contributed by atoms with E-state index in [2.05, 4.69) is 65.9 Å². The number of nitrogens with zero attached hydrogens (tertiary/aromatic N) is 1. The molecule has 0 fully saturated rings. The molecule has 2 N–H and O–H groups in total. The summed E-state index contributed by atoms with van der Waals surface area (Å²) in [6.45, 7) is 6.89. The molecule has 2 rings (SSSR count). The number of hydrogen-bond donors (Lipinski definition) is 2. The van der Waals surface area contributed by atoms with Crippen molar-refractivity contribution in [2.45, 2.75) is 26.5 Å². The van der Waals surface area contributed by atoms with Crippen molar-refractivity contribution in [3.05, 3.63) is 71.8 Å². The first kappa shape index (κ1) is 18.0. The van der Waals surface area contributed by atoms with Crippen LogP contribution in [0.25, 0.3) is 0 Å². The van der Waals surface area contributed by atoms with Crippen molar-refractivity contribution >= 4 is 5.96 Å². The third-order valence-corrected chi connectivity index (χ3v) is 3.61. The Bertz CT molecular complexity index is 599. The third kappa shape index (κ3) is 6.42. The van der Waals surface area contributed by atoms with Gasteiger partial charge in [0.15, 0.2) is 5.96 Å². The second-order valence-electron chi connectivity index (χ2n) is 5.58. The maximum absolute atomic E-state index is 5.68. The van der Waals surface area contributed by atoms with E-state index in [4.69, 9.17) is 4.74 Å². The van der Waals surface area contributed by atoms with Gasteiger partial charge in [0.05, 0.1) is 25.8 Å². The fraction of sp³-hybridized carbons (Fsp3) is 0.350. The Balaban J connectivity index is 1.77. The van der Waals surface area contributed by atoms with Gasteiger partial charge in [0.1, 0.15) is 0 Å². The molecule has 4 heteroatoms. The average molecular weight is 325 g/mol. The van der Waals surface area contributed by atoms with Gasteiger partial charge in [0, 0.05) is 6.54 Å². The van der Waals surface area contributed by atoms with Crippen LogP contribution in [0.1, 0.15) is 31.0 Å². The summed E-state index contributed by atoms with van der Waals surface area (Å²) < 4.78 is 5.68. The normalized spacial score (nSPS) is 12.7. The van der Waals surface area contributed by atoms with Crippen LogP contribution < -0.4 is 10.6 Å². The molecule has 2 aromatic carbocycles. The van der Waals surface area contributed by atoms with E-state index in [0.29, 0.717) is 19.8 Å². The third-order valence-electron chi connectivity index (χ3n) is 3.61. The molecule has 1 atom stereocenters. The highest BCUT2D eigenvalue weighted by Crippen LogP contribution is 2.10. The van der Waals surface area contributed by atoms with Crippen LogP contribution in [0.2, 0.25) is 0 Å². The lowest BCUT2D eigenvalue weighted by molar-refractivity contribution is 0.128. The van der Waals surface area contributed by atoms with Crippen LogP contribution >= 0.6 is 0 Å². The number of nitrogens with one attached hydrogen (secondary N) is 2. The first-order valence-electron chi connectivity index (χ1n) is 8.51. The van der Waals surface area contributed by atoms with Crippen LogP contribution in [-0.4, -0.2) is 25.7 Å². The molecule has 4 nitrogen and oxygen atoms in total. The summed E-state index contributed by atoms with van der Waals surface area (Å²) in [7, 11) is 0. The molecule has 0 heterocycles. The highest BCUT2D eigenvalue weighted by Gasteiger charge is 2.06.